The van der Waals surface area contributed by atoms with Crippen LogP contribution < -0.4 is 10.1 Å². The molecule has 1 aromatic carbocycles. The van der Waals surface area contributed by atoms with Crippen LogP contribution in [0.3, 0.4) is 0 Å². The molecule has 1 aromatic rings. The van der Waals surface area contributed by atoms with E-state index < -0.39 is 10.2 Å². The van der Waals surface area contributed by atoms with Gasteiger partial charge in [0.2, 0.25) is 5.91 Å². The van der Waals surface area contributed by atoms with Crippen molar-refractivity contribution in [1.29, 1.82) is 0 Å². The highest BCUT2D eigenvalue weighted by Crippen LogP contribution is 2.21. The zero-order valence-corrected chi connectivity index (χ0v) is 17.7. The van der Waals surface area contributed by atoms with Crippen molar-refractivity contribution in [3.8, 4) is 5.75 Å². The Morgan fingerprint density at radius 2 is 2.04 bits per heavy atom. The molecule has 2 atom stereocenters. The fourth-order valence-corrected chi connectivity index (χ4v) is 4.21. The van der Waals surface area contributed by atoms with E-state index in [-0.39, 0.29) is 24.4 Å². The van der Waals surface area contributed by atoms with Crippen molar-refractivity contribution < 1.29 is 17.9 Å². The Morgan fingerprint density at radius 1 is 1.33 bits per heavy atom. The first-order valence-electron chi connectivity index (χ1n) is 9.29. The van der Waals surface area contributed by atoms with Gasteiger partial charge < -0.3 is 10.1 Å². The lowest BCUT2D eigenvalue weighted by atomic mass is 9.98. The molecule has 1 aliphatic rings. The molecule has 0 bridgehead atoms. The molecular formula is C19H31N3O4S. The standard InChI is InChI=1S/C19H31N3O4S/c1-14-8-9-18(11-15(14)2)26-13-16(3)20-19(23)17-7-6-10-22(12-17)27(24,25)21(4)5/h8-9,11,16-17H,6-7,10,12-13H2,1-5H3,(H,20,23). The second-order valence-electron chi connectivity index (χ2n) is 7.45. The molecule has 1 N–H and O–H groups in total. The monoisotopic (exact) mass is 397 g/mol. The van der Waals surface area contributed by atoms with E-state index in [0.717, 1.165) is 11.3 Å². The van der Waals surface area contributed by atoms with E-state index in [1.54, 1.807) is 0 Å². The quantitative estimate of drug-likeness (QED) is 0.760. The molecule has 0 spiro atoms. The molecule has 2 rings (SSSR count). The third kappa shape index (κ3) is 5.67. The lowest BCUT2D eigenvalue weighted by Crippen LogP contribution is -2.50. The zero-order valence-electron chi connectivity index (χ0n) is 16.9. The summed E-state index contributed by atoms with van der Waals surface area (Å²) in [7, 11) is -0.476. The molecule has 0 saturated carbocycles. The van der Waals surface area contributed by atoms with Crippen molar-refractivity contribution in [1.82, 2.24) is 13.9 Å². The predicted octanol–water partition coefficient (Wildman–Crippen LogP) is 1.71. The fourth-order valence-electron chi connectivity index (χ4n) is 3.02. The second-order valence-corrected chi connectivity index (χ2v) is 9.60. The summed E-state index contributed by atoms with van der Waals surface area (Å²) in [6, 6.07) is 5.74. The van der Waals surface area contributed by atoms with Crippen molar-refractivity contribution in [2.45, 2.75) is 39.7 Å². The topological polar surface area (TPSA) is 79.0 Å². The first kappa shape index (κ1) is 21.7. The maximum absolute atomic E-state index is 12.6. The number of nitrogens with zero attached hydrogens (tertiary/aromatic N) is 2. The number of ether oxygens (including phenoxy) is 1. The highest BCUT2D eigenvalue weighted by molar-refractivity contribution is 7.86. The van der Waals surface area contributed by atoms with Crippen molar-refractivity contribution in [2.75, 3.05) is 33.8 Å². The van der Waals surface area contributed by atoms with Gasteiger partial charge in [0.05, 0.1) is 12.0 Å². The summed E-state index contributed by atoms with van der Waals surface area (Å²) in [5, 5.41) is 2.95. The summed E-state index contributed by atoms with van der Waals surface area (Å²) in [5.41, 5.74) is 2.37. The number of aryl methyl sites for hydroxylation is 2. The molecule has 2 unspecified atom stereocenters. The van der Waals surface area contributed by atoms with Crippen LogP contribution in [0.15, 0.2) is 18.2 Å². The van der Waals surface area contributed by atoms with Crippen LogP contribution in [0.25, 0.3) is 0 Å². The molecule has 0 aromatic heterocycles. The van der Waals surface area contributed by atoms with E-state index in [2.05, 4.69) is 5.32 Å². The third-order valence-electron chi connectivity index (χ3n) is 4.91. The summed E-state index contributed by atoms with van der Waals surface area (Å²) in [6.45, 7) is 7.00. The highest BCUT2D eigenvalue weighted by Gasteiger charge is 2.33. The second kappa shape index (κ2) is 9.03. The average Bonchev–Trinajstić information content (AvgIpc) is 2.62. The number of rotatable bonds is 7. The first-order chi connectivity index (χ1) is 12.6. The molecule has 152 valence electrons. The van der Waals surface area contributed by atoms with Gasteiger partial charge in [0.15, 0.2) is 0 Å². The molecule has 1 heterocycles. The highest BCUT2D eigenvalue weighted by atomic mass is 32.2. The van der Waals surface area contributed by atoms with Gasteiger partial charge in [-0.25, -0.2) is 0 Å². The van der Waals surface area contributed by atoms with Gasteiger partial charge in [-0.05, 0) is 56.9 Å². The molecule has 7 nitrogen and oxygen atoms in total. The lowest BCUT2D eigenvalue weighted by molar-refractivity contribution is -0.126. The van der Waals surface area contributed by atoms with E-state index in [4.69, 9.17) is 4.74 Å². The van der Waals surface area contributed by atoms with Gasteiger partial charge in [-0.1, -0.05) is 6.07 Å². The summed E-state index contributed by atoms with van der Waals surface area (Å²) in [4.78, 5) is 12.6. The van der Waals surface area contributed by atoms with E-state index in [0.29, 0.717) is 26.0 Å². The fraction of sp³-hybridized carbons (Fsp3) is 0.632. The maximum atomic E-state index is 12.6. The Balaban J connectivity index is 1.87. The normalized spacial score (nSPS) is 19.7. The SMILES string of the molecule is Cc1ccc(OCC(C)NC(=O)C2CCCN(S(=O)(=O)N(C)C)C2)cc1C. The van der Waals surface area contributed by atoms with Crippen molar-refractivity contribution in [3.05, 3.63) is 29.3 Å². The van der Waals surface area contributed by atoms with Crippen molar-refractivity contribution in [2.24, 2.45) is 5.92 Å². The van der Waals surface area contributed by atoms with Crippen LogP contribution in [0, 0.1) is 19.8 Å². The van der Waals surface area contributed by atoms with Crippen LogP contribution in [0.5, 0.6) is 5.75 Å². The average molecular weight is 398 g/mol. The maximum Gasteiger partial charge on any atom is 0.281 e. The Kier molecular flexibility index (Phi) is 7.25. The molecule has 1 aliphatic heterocycles. The van der Waals surface area contributed by atoms with E-state index >= 15 is 0 Å². The summed E-state index contributed by atoms with van der Waals surface area (Å²) in [6.07, 6.45) is 1.37. The van der Waals surface area contributed by atoms with Crippen LogP contribution in [0.2, 0.25) is 0 Å². The lowest BCUT2D eigenvalue weighted by Gasteiger charge is -2.33. The molecule has 27 heavy (non-hydrogen) atoms. The number of nitrogens with one attached hydrogen (secondary N) is 1. The van der Waals surface area contributed by atoms with Gasteiger partial charge >= 0.3 is 0 Å². The first-order valence-corrected chi connectivity index (χ1v) is 10.7. The molecule has 1 saturated heterocycles. The van der Waals surface area contributed by atoms with E-state index in [9.17, 15) is 13.2 Å². The van der Waals surface area contributed by atoms with Gasteiger partial charge in [-0.3, -0.25) is 4.79 Å². The van der Waals surface area contributed by atoms with Gasteiger partial charge in [0.25, 0.3) is 10.2 Å². The van der Waals surface area contributed by atoms with Crippen molar-refractivity contribution >= 4 is 16.1 Å². The summed E-state index contributed by atoms with van der Waals surface area (Å²) < 4.78 is 32.9. The number of benzene rings is 1. The van der Waals surface area contributed by atoms with Gasteiger partial charge in [0, 0.05) is 27.2 Å². The Hall–Kier alpha value is -1.64. The Morgan fingerprint density at radius 3 is 2.67 bits per heavy atom. The number of hydrogen-bond donors (Lipinski definition) is 1. The minimum atomic E-state index is -3.49. The summed E-state index contributed by atoms with van der Waals surface area (Å²) in [5.74, 6) is 0.322. The molecule has 8 heteroatoms. The van der Waals surface area contributed by atoms with E-state index in [1.807, 2.05) is 39.0 Å². The minimum absolute atomic E-state index is 0.121. The minimum Gasteiger partial charge on any atom is -0.491 e. The Bertz CT molecular complexity index is 764. The van der Waals surface area contributed by atoms with E-state index in [1.165, 1.54) is 28.3 Å². The molecule has 1 fully saturated rings. The molecular weight excluding hydrogens is 366 g/mol. The summed E-state index contributed by atoms with van der Waals surface area (Å²) >= 11 is 0. The Labute approximate surface area is 162 Å². The van der Waals surface area contributed by atoms with Gasteiger partial charge in [-0.2, -0.15) is 17.0 Å². The smallest absolute Gasteiger partial charge is 0.281 e. The molecule has 0 aliphatic carbocycles. The van der Waals surface area contributed by atoms with Gasteiger partial charge in [0.1, 0.15) is 12.4 Å². The third-order valence-corrected chi connectivity index (χ3v) is 6.82. The van der Waals surface area contributed by atoms with Crippen LogP contribution in [0.1, 0.15) is 30.9 Å². The van der Waals surface area contributed by atoms with Crippen LogP contribution in [-0.2, 0) is 15.0 Å². The van der Waals surface area contributed by atoms with Crippen LogP contribution >= 0.6 is 0 Å². The molecule has 1 amide bonds. The number of carbonyl (C=O) groups excluding carboxylic acids is 1. The van der Waals surface area contributed by atoms with Crippen molar-refractivity contribution in [3.63, 3.8) is 0 Å². The van der Waals surface area contributed by atoms with Crippen LogP contribution in [0.4, 0.5) is 0 Å². The molecule has 0 radical (unpaired) electrons. The van der Waals surface area contributed by atoms with Gasteiger partial charge in [-0.15, -0.1) is 0 Å². The number of hydrogen-bond acceptors (Lipinski definition) is 4. The number of carbonyl (C=O) groups is 1. The van der Waals surface area contributed by atoms with Crippen LogP contribution in [-0.4, -0.2) is 62.8 Å². The number of piperidine rings is 1. The predicted molar refractivity (Wildman–Crippen MR) is 106 cm³/mol. The zero-order chi connectivity index (χ0) is 20.2. The largest absolute Gasteiger partial charge is 0.491 e. The number of amides is 1.